The third-order valence-electron chi connectivity index (χ3n) is 2.57. The van der Waals surface area contributed by atoms with Crippen molar-refractivity contribution in [2.75, 3.05) is 0 Å². The van der Waals surface area contributed by atoms with Crippen molar-refractivity contribution in [1.29, 1.82) is 0 Å². The van der Waals surface area contributed by atoms with Gasteiger partial charge in [-0.15, -0.1) is 0 Å². The van der Waals surface area contributed by atoms with Crippen molar-refractivity contribution < 1.29 is 18.6 Å². The Balaban J connectivity index is 2.29. The zero-order valence-electron chi connectivity index (χ0n) is 10.0. The maximum Gasteiger partial charge on any atom is 0.201 e. The van der Waals surface area contributed by atoms with Gasteiger partial charge in [-0.05, 0) is 36.8 Å². The van der Waals surface area contributed by atoms with E-state index in [0.29, 0.717) is 15.8 Å². The summed E-state index contributed by atoms with van der Waals surface area (Å²) in [6.45, 7) is 1.63. The number of rotatable bonds is 3. The minimum absolute atomic E-state index is 0.184. The van der Waals surface area contributed by atoms with Crippen molar-refractivity contribution in [2.45, 2.75) is 13.0 Å². The predicted molar refractivity (Wildman–Crippen MR) is 71.2 cm³/mol. The summed E-state index contributed by atoms with van der Waals surface area (Å²) in [5.74, 6) is -1.83. The van der Waals surface area contributed by atoms with Crippen LogP contribution in [0.5, 0.6) is 11.5 Å². The molecule has 2 rings (SSSR count). The average Bonchev–Trinajstić information content (AvgIpc) is 2.34. The highest BCUT2D eigenvalue weighted by Gasteiger charge is 2.11. The molecule has 2 aromatic rings. The molecule has 0 heterocycles. The predicted octanol–water partition coefficient (Wildman–Crippen LogP) is 4.57. The van der Waals surface area contributed by atoms with E-state index in [9.17, 15) is 13.9 Å². The van der Waals surface area contributed by atoms with Crippen molar-refractivity contribution in [3.05, 3.63) is 58.1 Å². The second kappa shape index (κ2) is 5.67. The molecule has 0 aliphatic carbocycles. The number of hydrogen-bond acceptors (Lipinski definition) is 2. The smallest absolute Gasteiger partial charge is 0.201 e. The number of benzene rings is 2. The summed E-state index contributed by atoms with van der Waals surface area (Å²) in [6.07, 6.45) is -0.630. The standard InChI is InChI=1S/C14H11BrF2O2/c1-8(18)10-6-5-9(7-11(10)15)19-13-4-2-3-12(16)14(13)17/h2-8,18H,1H3/t8-/m0/s1. The highest BCUT2D eigenvalue weighted by Crippen LogP contribution is 2.31. The molecule has 100 valence electrons. The SMILES string of the molecule is C[C@H](O)c1ccc(Oc2cccc(F)c2F)cc1Br. The van der Waals surface area contributed by atoms with Crippen LogP contribution in [-0.4, -0.2) is 5.11 Å². The van der Waals surface area contributed by atoms with Crippen LogP contribution in [0.1, 0.15) is 18.6 Å². The highest BCUT2D eigenvalue weighted by molar-refractivity contribution is 9.10. The third-order valence-corrected chi connectivity index (χ3v) is 3.25. The first-order valence-electron chi connectivity index (χ1n) is 5.58. The van der Waals surface area contributed by atoms with Gasteiger partial charge in [-0.3, -0.25) is 0 Å². The molecule has 0 bridgehead atoms. The maximum atomic E-state index is 13.4. The Morgan fingerprint density at radius 1 is 1.21 bits per heavy atom. The van der Waals surface area contributed by atoms with E-state index < -0.39 is 17.7 Å². The molecule has 0 amide bonds. The van der Waals surface area contributed by atoms with E-state index >= 15 is 0 Å². The average molecular weight is 329 g/mol. The van der Waals surface area contributed by atoms with Crippen LogP contribution in [0.25, 0.3) is 0 Å². The van der Waals surface area contributed by atoms with Crippen LogP contribution in [0.3, 0.4) is 0 Å². The van der Waals surface area contributed by atoms with Crippen LogP contribution in [0.2, 0.25) is 0 Å². The number of aliphatic hydroxyl groups is 1. The summed E-state index contributed by atoms with van der Waals surface area (Å²) < 4.78 is 32.4. The van der Waals surface area contributed by atoms with E-state index in [-0.39, 0.29) is 5.75 Å². The Morgan fingerprint density at radius 3 is 2.58 bits per heavy atom. The van der Waals surface area contributed by atoms with Crippen LogP contribution >= 0.6 is 15.9 Å². The lowest BCUT2D eigenvalue weighted by Gasteiger charge is -2.11. The van der Waals surface area contributed by atoms with Crippen molar-refractivity contribution in [1.82, 2.24) is 0 Å². The second-order valence-corrected chi connectivity index (χ2v) is 4.87. The molecule has 0 fully saturated rings. The van der Waals surface area contributed by atoms with Crippen molar-refractivity contribution in [3.8, 4) is 11.5 Å². The fourth-order valence-electron chi connectivity index (χ4n) is 1.60. The zero-order chi connectivity index (χ0) is 14.0. The topological polar surface area (TPSA) is 29.5 Å². The Morgan fingerprint density at radius 2 is 1.95 bits per heavy atom. The molecule has 0 saturated heterocycles. The van der Waals surface area contributed by atoms with Crippen LogP contribution in [-0.2, 0) is 0 Å². The third kappa shape index (κ3) is 3.11. The van der Waals surface area contributed by atoms with Gasteiger partial charge in [0, 0.05) is 4.47 Å². The van der Waals surface area contributed by atoms with Gasteiger partial charge >= 0.3 is 0 Å². The van der Waals surface area contributed by atoms with Gasteiger partial charge in [-0.1, -0.05) is 28.1 Å². The summed E-state index contributed by atoms with van der Waals surface area (Å²) >= 11 is 3.29. The maximum absolute atomic E-state index is 13.4. The minimum atomic E-state index is -1.03. The molecule has 0 aliphatic rings. The first-order chi connectivity index (χ1) is 8.99. The van der Waals surface area contributed by atoms with Gasteiger partial charge in [0.05, 0.1) is 6.10 Å². The lowest BCUT2D eigenvalue weighted by molar-refractivity contribution is 0.198. The molecule has 0 aromatic heterocycles. The molecule has 1 N–H and O–H groups in total. The van der Waals surface area contributed by atoms with Gasteiger partial charge in [0.15, 0.2) is 11.6 Å². The molecule has 0 spiro atoms. The molecule has 19 heavy (non-hydrogen) atoms. The lowest BCUT2D eigenvalue weighted by atomic mass is 10.1. The minimum Gasteiger partial charge on any atom is -0.454 e. The van der Waals surface area contributed by atoms with Crippen molar-refractivity contribution in [3.63, 3.8) is 0 Å². The van der Waals surface area contributed by atoms with E-state index in [4.69, 9.17) is 4.74 Å². The van der Waals surface area contributed by atoms with E-state index in [2.05, 4.69) is 15.9 Å². The second-order valence-electron chi connectivity index (χ2n) is 4.01. The van der Waals surface area contributed by atoms with Crippen molar-refractivity contribution in [2.24, 2.45) is 0 Å². The fraction of sp³-hybridized carbons (Fsp3) is 0.143. The molecule has 2 aromatic carbocycles. The number of ether oxygens (including phenoxy) is 1. The quantitative estimate of drug-likeness (QED) is 0.894. The van der Waals surface area contributed by atoms with Gasteiger partial charge in [0.25, 0.3) is 0 Å². The first kappa shape index (κ1) is 14.0. The molecule has 1 atom stereocenters. The molecule has 0 unspecified atom stereocenters. The summed E-state index contributed by atoms with van der Waals surface area (Å²) in [6, 6.07) is 8.56. The van der Waals surface area contributed by atoms with E-state index in [1.54, 1.807) is 25.1 Å². The van der Waals surface area contributed by atoms with Crippen LogP contribution in [0.15, 0.2) is 40.9 Å². The molecular weight excluding hydrogens is 318 g/mol. The fourth-order valence-corrected chi connectivity index (χ4v) is 2.29. The van der Waals surface area contributed by atoms with E-state index in [0.717, 1.165) is 6.07 Å². The van der Waals surface area contributed by atoms with Gasteiger partial charge < -0.3 is 9.84 Å². The molecule has 5 heteroatoms. The normalized spacial score (nSPS) is 12.3. The summed E-state index contributed by atoms with van der Waals surface area (Å²) in [5.41, 5.74) is 0.687. The largest absolute Gasteiger partial charge is 0.454 e. The molecular formula is C14H11BrF2O2. The molecule has 0 radical (unpaired) electrons. The first-order valence-corrected chi connectivity index (χ1v) is 6.37. The Labute approximate surface area is 117 Å². The summed E-state index contributed by atoms with van der Waals surface area (Å²) in [4.78, 5) is 0. The number of aliphatic hydroxyl groups excluding tert-OH is 1. The molecule has 2 nitrogen and oxygen atoms in total. The van der Waals surface area contributed by atoms with E-state index in [1.807, 2.05) is 0 Å². The Bertz CT molecular complexity index is 600. The highest BCUT2D eigenvalue weighted by atomic mass is 79.9. The van der Waals surface area contributed by atoms with E-state index in [1.165, 1.54) is 12.1 Å². The number of halogens is 3. The van der Waals surface area contributed by atoms with Gasteiger partial charge in [0.1, 0.15) is 5.75 Å². The number of hydrogen-bond donors (Lipinski definition) is 1. The Kier molecular flexibility index (Phi) is 4.17. The monoisotopic (exact) mass is 328 g/mol. The van der Waals surface area contributed by atoms with Gasteiger partial charge in [-0.2, -0.15) is 4.39 Å². The van der Waals surface area contributed by atoms with Gasteiger partial charge in [-0.25, -0.2) is 4.39 Å². The molecule has 0 saturated carbocycles. The van der Waals surface area contributed by atoms with Gasteiger partial charge in [0.2, 0.25) is 5.82 Å². The van der Waals surface area contributed by atoms with Crippen LogP contribution in [0.4, 0.5) is 8.78 Å². The van der Waals surface area contributed by atoms with Crippen molar-refractivity contribution >= 4 is 15.9 Å². The summed E-state index contributed by atoms with van der Waals surface area (Å²) in [5, 5.41) is 9.49. The summed E-state index contributed by atoms with van der Waals surface area (Å²) in [7, 11) is 0. The molecule has 0 aliphatic heterocycles. The van der Waals surface area contributed by atoms with Crippen LogP contribution < -0.4 is 4.74 Å². The zero-order valence-corrected chi connectivity index (χ0v) is 11.6. The van der Waals surface area contributed by atoms with Crippen LogP contribution in [0, 0.1) is 11.6 Å². The Hall–Kier alpha value is -1.46. The lowest BCUT2D eigenvalue weighted by Crippen LogP contribution is -1.95.